The largest absolute Gasteiger partial charge is 0.465 e. The van der Waals surface area contributed by atoms with Crippen LogP contribution in [0.15, 0.2) is 16.5 Å². The molecule has 1 fully saturated rings. The predicted molar refractivity (Wildman–Crippen MR) is 77.4 cm³/mol. The van der Waals surface area contributed by atoms with E-state index in [0.29, 0.717) is 13.2 Å². The monoisotopic (exact) mass is 282 g/mol. The van der Waals surface area contributed by atoms with E-state index in [2.05, 4.69) is 18.7 Å². The number of hydrogen-bond acceptors (Lipinski definition) is 5. The Kier molecular flexibility index (Phi) is 5.21. The summed E-state index contributed by atoms with van der Waals surface area (Å²) in [6.07, 6.45) is 0.729. The van der Waals surface area contributed by atoms with Gasteiger partial charge in [-0.3, -0.25) is 4.90 Å². The van der Waals surface area contributed by atoms with Crippen LogP contribution in [0.5, 0.6) is 0 Å². The van der Waals surface area contributed by atoms with Crippen molar-refractivity contribution in [2.75, 3.05) is 19.8 Å². The molecule has 1 aliphatic rings. The van der Waals surface area contributed by atoms with Crippen molar-refractivity contribution < 1.29 is 14.3 Å². The lowest BCUT2D eigenvalue weighted by atomic mass is 9.99. The predicted octanol–water partition coefficient (Wildman–Crippen LogP) is 1.45. The van der Waals surface area contributed by atoms with Crippen LogP contribution < -0.4 is 5.73 Å². The first-order valence-corrected chi connectivity index (χ1v) is 7.36. The SMILES string of the molecule is CCC(N)C(c1ccc(C)o1)N1CC(CO)OCC1C. The Morgan fingerprint density at radius 1 is 1.50 bits per heavy atom. The summed E-state index contributed by atoms with van der Waals surface area (Å²) in [5.74, 6) is 1.80. The first-order valence-electron chi connectivity index (χ1n) is 7.36. The minimum absolute atomic E-state index is 0.000410. The second kappa shape index (κ2) is 6.72. The molecular weight excluding hydrogens is 256 g/mol. The van der Waals surface area contributed by atoms with Gasteiger partial charge in [0.25, 0.3) is 0 Å². The van der Waals surface area contributed by atoms with Crippen LogP contribution in [-0.4, -0.2) is 48.0 Å². The zero-order valence-corrected chi connectivity index (χ0v) is 12.6. The zero-order valence-electron chi connectivity index (χ0n) is 12.6. The van der Waals surface area contributed by atoms with Gasteiger partial charge in [-0.2, -0.15) is 0 Å². The first kappa shape index (κ1) is 15.5. The molecule has 0 radical (unpaired) electrons. The second-order valence-corrected chi connectivity index (χ2v) is 5.65. The van der Waals surface area contributed by atoms with Gasteiger partial charge in [0.05, 0.1) is 25.4 Å². The van der Waals surface area contributed by atoms with Crippen molar-refractivity contribution in [2.24, 2.45) is 5.73 Å². The summed E-state index contributed by atoms with van der Waals surface area (Å²) < 4.78 is 11.4. The molecule has 20 heavy (non-hydrogen) atoms. The Bertz CT molecular complexity index is 421. The minimum Gasteiger partial charge on any atom is -0.465 e. The van der Waals surface area contributed by atoms with Crippen molar-refractivity contribution in [2.45, 2.75) is 51.4 Å². The molecule has 5 heteroatoms. The molecule has 0 spiro atoms. The van der Waals surface area contributed by atoms with Gasteiger partial charge in [0.2, 0.25) is 0 Å². The number of aliphatic hydroxyl groups excluding tert-OH is 1. The molecule has 1 aromatic heterocycles. The molecule has 0 aromatic carbocycles. The number of aryl methyl sites for hydroxylation is 1. The molecule has 4 unspecified atom stereocenters. The first-order chi connectivity index (χ1) is 9.56. The highest BCUT2D eigenvalue weighted by molar-refractivity contribution is 5.13. The Hall–Kier alpha value is -0.880. The number of rotatable bonds is 5. The van der Waals surface area contributed by atoms with Gasteiger partial charge >= 0.3 is 0 Å². The number of furan rings is 1. The van der Waals surface area contributed by atoms with Crippen molar-refractivity contribution in [3.05, 3.63) is 23.7 Å². The quantitative estimate of drug-likeness (QED) is 0.855. The van der Waals surface area contributed by atoms with E-state index in [9.17, 15) is 5.11 Å². The van der Waals surface area contributed by atoms with Crippen LogP contribution in [0.4, 0.5) is 0 Å². The number of aliphatic hydroxyl groups is 1. The fourth-order valence-electron chi connectivity index (χ4n) is 2.79. The zero-order chi connectivity index (χ0) is 14.7. The molecule has 0 bridgehead atoms. The standard InChI is InChI=1S/C15H26N2O3/c1-4-13(16)15(14-6-5-11(3)20-14)17-7-12(8-18)19-9-10(17)2/h5-6,10,12-13,15,18H,4,7-9,16H2,1-3H3. The van der Waals surface area contributed by atoms with Gasteiger partial charge in [0.1, 0.15) is 11.5 Å². The van der Waals surface area contributed by atoms with E-state index in [1.54, 1.807) is 0 Å². The fourth-order valence-corrected chi connectivity index (χ4v) is 2.79. The second-order valence-electron chi connectivity index (χ2n) is 5.65. The smallest absolute Gasteiger partial charge is 0.122 e. The van der Waals surface area contributed by atoms with Gasteiger partial charge in [-0.1, -0.05) is 6.92 Å². The van der Waals surface area contributed by atoms with Crippen molar-refractivity contribution in [1.29, 1.82) is 0 Å². The number of nitrogens with two attached hydrogens (primary N) is 1. The van der Waals surface area contributed by atoms with Gasteiger partial charge in [0, 0.05) is 18.6 Å². The molecule has 0 amide bonds. The topological polar surface area (TPSA) is 71.9 Å². The lowest BCUT2D eigenvalue weighted by Gasteiger charge is -2.43. The average molecular weight is 282 g/mol. The van der Waals surface area contributed by atoms with Crippen molar-refractivity contribution in [3.8, 4) is 0 Å². The van der Waals surface area contributed by atoms with E-state index in [-0.39, 0.29) is 30.8 Å². The molecule has 1 aliphatic heterocycles. The van der Waals surface area contributed by atoms with Crippen LogP contribution in [0.3, 0.4) is 0 Å². The van der Waals surface area contributed by atoms with Crippen LogP contribution in [0.2, 0.25) is 0 Å². The van der Waals surface area contributed by atoms with Crippen molar-refractivity contribution in [1.82, 2.24) is 4.90 Å². The molecule has 3 N–H and O–H groups in total. The van der Waals surface area contributed by atoms with E-state index in [1.165, 1.54) is 0 Å². The molecular formula is C15H26N2O3. The van der Waals surface area contributed by atoms with Crippen molar-refractivity contribution >= 4 is 0 Å². The molecule has 1 saturated heterocycles. The molecule has 114 valence electrons. The number of morpholine rings is 1. The molecule has 4 atom stereocenters. The lowest BCUT2D eigenvalue weighted by Crippen LogP contribution is -2.54. The highest BCUT2D eigenvalue weighted by Gasteiger charge is 2.36. The maximum atomic E-state index is 9.34. The van der Waals surface area contributed by atoms with Crippen LogP contribution in [0.1, 0.15) is 37.8 Å². The van der Waals surface area contributed by atoms with Crippen LogP contribution in [-0.2, 0) is 4.74 Å². The van der Waals surface area contributed by atoms with Crippen molar-refractivity contribution in [3.63, 3.8) is 0 Å². The minimum atomic E-state index is -0.145. The normalized spacial score (nSPS) is 27.4. The Balaban J connectivity index is 2.25. The number of nitrogens with zero attached hydrogens (tertiary/aromatic N) is 1. The third-order valence-electron chi connectivity index (χ3n) is 4.04. The molecule has 1 aromatic rings. The van der Waals surface area contributed by atoms with E-state index < -0.39 is 0 Å². The molecule has 2 heterocycles. The fraction of sp³-hybridized carbons (Fsp3) is 0.733. The van der Waals surface area contributed by atoms with E-state index in [4.69, 9.17) is 14.9 Å². The summed E-state index contributed by atoms with van der Waals surface area (Å²) in [6, 6.07) is 4.26. The molecule has 5 nitrogen and oxygen atoms in total. The Morgan fingerprint density at radius 3 is 2.80 bits per heavy atom. The third-order valence-corrected chi connectivity index (χ3v) is 4.04. The van der Waals surface area contributed by atoms with Crippen LogP contribution >= 0.6 is 0 Å². The summed E-state index contributed by atoms with van der Waals surface area (Å²) in [7, 11) is 0. The van der Waals surface area contributed by atoms with E-state index in [0.717, 1.165) is 17.9 Å². The van der Waals surface area contributed by atoms with Gasteiger partial charge in [-0.25, -0.2) is 0 Å². The molecule has 0 aliphatic carbocycles. The van der Waals surface area contributed by atoms with Gasteiger partial charge in [-0.05, 0) is 32.4 Å². The average Bonchev–Trinajstić information content (AvgIpc) is 2.87. The summed E-state index contributed by atoms with van der Waals surface area (Å²) in [6.45, 7) is 7.47. The summed E-state index contributed by atoms with van der Waals surface area (Å²) in [5, 5.41) is 9.34. The van der Waals surface area contributed by atoms with Crippen LogP contribution in [0, 0.1) is 6.92 Å². The molecule has 2 rings (SSSR count). The highest BCUT2D eigenvalue weighted by atomic mass is 16.5. The highest BCUT2D eigenvalue weighted by Crippen LogP contribution is 2.30. The van der Waals surface area contributed by atoms with E-state index in [1.807, 2.05) is 19.1 Å². The number of hydrogen-bond donors (Lipinski definition) is 2. The maximum Gasteiger partial charge on any atom is 0.122 e. The van der Waals surface area contributed by atoms with Crippen LogP contribution in [0.25, 0.3) is 0 Å². The summed E-state index contributed by atoms with van der Waals surface area (Å²) in [4.78, 5) is 2.30. The summed E-state index contributed by atoms with van der Waals surface area (Å²) in [5.41, 5.74) is 6.33. The number of ether oxygens (including phenoxy) is 1. The van der Waals surface area contributed by atoms with Gasteiger partial charge in [-0.15, -0.1) is 0 Å². The maximum absolute atomic E-state index is 9.34. The Morgan fingerprint density at radius 2 is 2.25 bits per heavy atom. The Labute approximate surface area is 120 Å². The van der Waals surface area contributed by atoms with E-state index >= 15 is 0 Å². The molecule has 0 saturated carbocycles. The third kappa shape index (κ3) is 3.23. The van der Waals surface area contributed by atoms with Gasteiger partial charge < -0.3 is 20.0 Å². The summed E-state index contributed by atoms with van der Waals surface area (Å²) >= 11 is 0. The lowest BCUT2D eigenvalue weighted by molar-refractivity contribution is -0.0973. The van der Waals surface area contributed by atoms with Gasteiger partial charge in [0.15, 0.2) is 0 Å².